The van der Waals surface area contributed by atoms with Gasteiger partial charge < -0.3 is 14.1 Å². The highest BCUT2D eigenvalue weighted by atomic mass is 32.1. The summed E-state index contributed by atoms with van der Waals surface area (Å²) in [4.78, 5) is 15.1. The Morgan fingerprint density at radius 1 is 0.938 bits per heavy atom. The van der Waals surface area contributed by atoms with Crippen molar-refractivity contribution in [1.29, 1.82) is 0 Å². The van der Waals surface area contributed by atoms with Crippen LogP contribution in [0.1, 0.15) is 5.56 Å². The Morgan fingerprint density at radius 3 is 2.59 bits per heavy atom. The largest absolute Gasteiger partial charge is 0.440 e. The summed E-state index contributed by atoms with van der Waals surface area (Å²) in [5, 5.41) is 3.03. The van der Waals surface area contributed by atoms with E-state index in [2.05, 4.69) is 47.9 Å². The minimum absolute atomic E-state index is 0.0294. The highest BCUT2D eigenvalue weighted by molar-refractivity contribution is 7.26. The van der Waals surface area contributed by atoms with Crippen molar-refractivity contribution in [2.75, 3.05) is 31.2 Å². The molecule has 0 N–H and O–H groups in total. The molecular weight excluding hydrogens is 418 g/mol. The molecule has 0 aliphatic carbocycles. The Hall–Kier alpha value is -3.41. The van der Waals surface area contributed by atoms with E-state index in [0.717, 1.165) is 16.7 Å². The molecule has 0 bridgehead atoms. The van der Waals surface area contributed by atoms with Crippen LogP contribution < -0.4 is 10.3 Å². The number of fused-ring (bicyclic) bond motifs is 4. The van der Waals surface area contributed by atoms with Crippen molar-refractivity contribution in [3.63, 3.8) is 0 Å². The molecule has 1 aliphatic rings. The molecule has 5 aromatic rings. The highest BCUT2D eigenvalue weighted by Gasteiger charge is 2.20. The number of morpholine rings is 1. The average Bonchev–Trinajstić information content (AvgIpc) is 3.22. The first-order valence-electron chi connectivity index (χ1n) is 10.7. The summed E-state index contributed by atoms with van der Waals surface area (Å²) in [6, 6.07) is 20.1. The zero-order valence-electron chi connectivity index (χ0n) is 17.5. The minimum Gasteiger partial charge on any atom is -0.440 e. The number of para-hydroxylation sites is 1. The summed E-state index contributed by atoms with van der Waals surface area (Å²) >= 11 is 1.76. The van der Waals surface area contributed by atoms with Crippen LogP contribution in [-0.2, 0) is 4.74 Å². The lowest BCUT2D eigenvalue weighted by Gasteiger charge is -2.27. The highest BCUT2D eigenvalue weighted by Crippen LogP contribution is 2.44. The van der Waals surface area contributed by atoms with Crippen molar-refractivity contribution in [3.05, 3.63) is 83.0 Å². The molecule has 0 spiro atoms. The lowest BCUT2D eigenvalue weighted by molar-refractivity contribution is 0.121. The van der Waals surface area contributed by atoms with Crippen LogP contribution in [-0.4, -0.2) is 26.3 Å². The van der Waals surface area contributed by atoms with E-state index in [0.29, 0.717) is 43.2 Å². The maximum atomic E-state index is 13.0. The van der Waals surface area contributed by atoms with E-state index in [9.17, 15) is 4.79 Å². The molecule has 2 aromatic heterocycles. The third-order valence-corrected chi connectivity index (χ3v) is 7.34. The van der Waals surface area contributed by atoms with Crippen molar-refractivity contribution < 1.29 is 9.15 Å². The fraction of sp³-hybridized carbons (Fsp3) is 0.148. The molecule has 158 valence electrons. The predicted molar refractivity (Wildman–Crippen MR) is 134 cm³/mol. The van der Waals surface area contributed by atoms with Gasteiger partial charge in [0.1, 0.15) is 5.58 Å². The lowest BCUT2D eigenvalue weighted by atomic mass is 9.95. The monoisotopic (exact) mass is 439 g/mol. The van der Waals surface area contributed by atoms with Gasteiger partial charge in [-0.2, -0.15) is 0 Å². The maximum absolute atomic E-state index is 13.0. The molecule has 6 rings (SSSR count). The second-order valence-electron chi connectivity index (χ2n) is 7.94. The molecule has 3 heterocycles. The summed E-state index contributed by atoms with van der Waals surface area (Å²) in [6.07, 6.45) is 1.88. The molecular formula is C27H21NO3S. The van der Waals surface area contributed by atoms with E-state index < -0.39 is 0 Å². The molecule has 3 aromatic carbocycles. The second kappa shape index (κ2) is 7.62. The molecule has 0 amide bonds. The van der Waals surface area contributed by atoms with E-state index in [1.165, 1.54) is 20.2 Å². The van der Waals surface area contributed by atoms with Crippen LogP contribution in [0.4, 0.5) is 5.88 Å². The molecule has 4 nitrogen and oxygen atoms in total. The van der Waals surface area contributed by atoms with Crippen LogP contribution in [0.25, 0.3) is 48.3 Å². The zero-order chi connectivity index (χ0) is 21.7. The van der Waals surface area contributed by atoms with E-state index in [1.807, 2.05) is 24.3 Å². The number of hydrogen-bond acceptors (Lipinski definition) is 5. The molecule has 5 heteroatoms. The topological polar surface area (TPSA) is 42.7 Å². The smallest absolute Gasteiger partial charge is 0.200 e. The van der Waals surface area contributed by atoms with E-state index >= 15 is 0 Å². The van der Waals surface area contributed by atoms with Crippen LogP contribution >= 0.6 is 11.3 Å². The molecule has 0 unspecified atom stereocenters. The molecule has 32 heavy (non-hydrogen) atoms. The van der Waals surface area contributed by atoms with Gasteiger partial charge in [-0.1, -0.05) is 55.1 Å². The van der Waals surface area contributed by atoms with Gasteiger partial charge in [-0.3, -0.25) is 4.79 Å². The van der Waals surface area contributed by atoms with Crippen molar-refractivity contribution in [2.45, 2.75) is 0 Å². The van der Waals surface area contributed by atoms with E-state index in [4.69, 9.17) is 9.15 Å². The van der Waals surface area contributed by atoms with Gasteiger partial charge in [-0.25, -0.2) is 0 Å². The molecule has 1 aliphatic heterocycles. The standard InChI is InChI=1S/C27H21NO3S/c1-2-17-10-11-19-18-6-3-4-9-23(18)32-27(19)25(17)21-8-5-7-20-22(29)16-24(31-26(20)21)28-12-14-30-15-13-28/h2-11,16H,1,12-15H2. The number of nitrogens with zero attached hydrogens (tertiary/aromatic N) is 1. The Labute approximate surface area is 189 Å². The van der Waals surface area contributed by atoms with Crippen LogP contribution in [0.15, 0.2) is 76.5 Å². The zero-order valence-corrected chi connectivity index (χ0v) is 18.3. The van der Waals surface area contributed by atoms with Gasteiger partial charge in [0.25, 0.3) is 0 Å². The van der Waals surface area contributed by atoms with Gasteiger partial charge in [0, 0.05) is 50.5 Å². The Morgan fingerprint density at radius 2 is 1.75 bits per heavy atom. The van der Waals surface area contributed by atoms with Crippen LogP contribution in [0.3, 0.4) is 0 Å². The summed E-state index contributed by atoms with van der Waals surface area (Å²) in [5.41, 5.74) is 3.59. The van der Waals surface area contributed by atoms with Gasteiger partial charge >= 0.3 is 0 Å². The first-order valence-corrected chi connectivity index (χ1v) is 11.5. The van der Waals surface area contributed by atoms with Crippen LogP contribution in [0, 0.1) is 0 Å². The van der Waals surface area contributed by atoms with E-state index in [1.54, 1.807) is 17.4 Å². The molecule has 1 fully saturated rings. The fourth-order valence-corrected chi connectivity index (χ4v) is 5.83. The van der Waals surface area contributed by atoms with Crippen molar-refractivity contribution in [2.24, 2.45) is 0 Å². The summed E-state index contributed by atoms with van der Waals surface area (Å²) < 4.78 is 14.3. The number of anilines is 1. The number of benzene rings is 3. The number of thiophene rings is 1. The minimum atomic E-state index is -0.0294. The van der Waals surface area contributed by atoms with Crippen molar-refractivity contribution >= 4 is 54.4 Å². The van der Waals surface area contributed by atoms with Gasteiger partial charge in [-0.05, 0) is 17.7 Å². The molecule has 1 saturated heterocycles. The Balaban J connectivity index is 1.68. The summed E-state index contributed by atoms with van der Waals surface area (Å²) in [6.45, 7) is 6.73. The van der Waals surface area contributed by atoms with Crippen molar-refractivity contribution in [1.82, 2.24) is 0 Å². The average molecular weight is 440 g/mol. The molecule has 0 radical (unpaired) electrons. The van der Waals surface area contributed by atoms with E-state index in [-0.39, 0.29) is 5.43 Å². The molecule has 0 atom stereocenters. The van der Waals surface area contributed by atoms with Gasteiger partial charge in [-0.15, -0.1) is 11.3 Å². The maximum Gasteiger partial charge on any atom is 0.200 e. The predicted octanol–water partition coefficient (Wildman–Crippen LogP) is 6.31. The Kier molecular flexibility index (Phi) is 4.59. The lowest BCUT2D eigenvalue weighted by Crippen LogP contribution is -2.36. The normalized spacial score (nSPS) is 14.4. The number of ether oxygens (including phenoxy) is 1. The number of rotatable bonds is 3. The van der Waals surface area contributed by atoms with Gasteiger partial charge in [0.2, 0.25) is 0 Å². The third-order valence-electron chi connectivity index (χ3n) is 6.13. The summed E-state index contributed by atoms with van der Waals surface area (Å²) in [5.74, 6) is 0.599. The van der Waals surface area contributed by atoms with Crippen LogP contribution in [0.5, 0.6) is 0 Å². The first kappa shape index (κ1) is 19.3. The fourth-order valence-electron chi connectivity index (χ4n) is 4.55. The quantitative estimate of drug-likeness (QED) is 0.330. The van der Waals surface area contributed by atoms with Gasteiger partial charge in [0.05, 0.1) is 18.6 Å². The number of hydrogen-bond donors (Lipinski definition) is 0. The molecule has 0 saturated carbocycles. The van der Waals surface area contributed by atoms with Gasteiger partial charge in [0.15, 0.2) is 11.3 Å². The third kappa shape index (κ3) is 2.97. The first-order chi connectivity index (χ1) is 15.7. The Bertz CT molecular complexity index is 1560. The van der Waals surface area contributed by atoms with Crippen LogP contribution in [0.2, 0.25) is 0 Å². The summed E-state index contributed by atoms with van der Waals surface area (Å²) in [7, 11) is 0. The van der Waals surface area contributed by atoms with Crippen molar-refractivity contribution in [3.8, 4) is 11.1 Å². The second-order valence-corrected chi connectivity index (χ2v) is 8.99. The SMILES string of the molecule is C=Cc1ccc2c(sc3ccccc32)c1-c1cccc2c(=O)cc(N3CCOCC3)oc12.